The van der Waals surface area contributed by atoms with Crippen molar-refractivity contribution < 1.29 is 19.4 Å². The molecule has 2 N–H and O–H groups in total. The lowest BCUT2D eigenvalue weighted by molar-refractivity contribution is -0.143. The smallest absolute Gasteiger partial charge is 0.304 e. The molecular formula is C22H28N2O4. The van der Waals surface area contributed by atoms with E-state index in [1.165, 1.54) is 6.92 Å². The predicted molar refractivity (Wildman–Crippen MR) is 108 cm³/mol. The second kappa shape index (κ2) is 7.60. The van der Waals surface area contributed by atoms with Gasteiger partial charge in [-0.25, -0.2) is 0 Å². The zero-order valence-corrected chi connectivity index (χ0v) is 16.4. The number of esters is 1. The summed E-state index contributed by atoms with van der Waals surface area (Å²) >= 11 is 0. The highest BCUT2D eigenvalue weighted by atomic mass is 16.6. The number of methoxy groups -OCH3 is 1. The summed E-state index contributed by atoms with van der Waals surface area (Å²) < 4.78 is 10.8. The normalized spacial score (nSPS) is 31.8. The van der Waals surface area contributed by atoms with Gasteiger partial charge in [0, 0.05) is 30.8 Å². The van der Waals surface area contributed by atoms with Gasteiger partial charge in [0.2, 0.25) is 0 Å². The number of rotatable bonds is 5. The molecule has 0 radical (unpaired) electrons. The zero-order valence-electron chi connectivity index (χ0n) is 16.4. The van der Waals surface area contributed by atoms with Gasteiger partial charge in [-0.3, -0.25) is 9.69 Å². The first kappa shape index (κ1) is 19.0. The van der Waals surface area contributed by atoms with Crippen LogP contribution in [0.2, 0.25) is 0 Å². The Hall–Kier alpha value is -2.31. The van der Waals surface area contributed by atoms with Crippen LogP contribution in [-0.2, 0) is 9.53 Å². The van der Waals surface area contributed by atoms with E-state index in [0.29, 0.717) is 11.8 Å². The molecule has 6 nitrogen and oxygen atoms in total. The van der Waals surface area contributed by atoms with Crippen molar-refractivity contribution in [2.75, 3.05) is 25.5 Å². The zero-order chi connectivity index (χ0) is 19.8. The lowest BCUT2D eigenvalue weighted by Gasteiger charge is -2.51. The molecule has 4 aliphatic heterocycles. The number of hydrogen-bond donors (Lipinski definition) is 2. The summed E-state index contributed by atoms with van der Waals surface area (Å²) in [6.07, 6.45) is 4.71. The number of piperidine rings is 3. The number of fused-ring (bicyclic) bond motifs is 4. The molecule has 0 aromatic heterocycles. The van der Waals surface area contributed by atoms with E-state index in [-0.39, 0.29) is 12.0 Å². The van der Waals surface area contributed by atoms with Crippen LogP contribution in [0.5, 0.6) is 5.75 Å². The van der Waals surface area contributed by atoms with E-state index in [9.17, 15) is 9.90 Å². The van der Waals surface area contributed by atoms with Crippen LogP contribution in [0.4, 0.5) is 5.69 Å². The van der Waals surface area contributed by atoms with E-state index in [4.69, 9.17) is 9.47 Å². The Labute approximate surface area is 165 Å². The third-order valence-electron chi connectivity index (χ3n) is 6.30. The third kappa shape index (κ3) is 3.42. The number of ether oxygens (including phenoxy) is 2. The highest BCUT2D eigenvalue weighted by Gasteiger charge is 2.43. The van der Waals surface area contributed by atoms with Gasteiger partial charge in [0.15, 0.2) is 6.23 Å². The second-order valence-electron chi connectivity index (χ2n) is 7.90. The van der Waals surface area contributed by atoms with Gasteiger partial charge in [-0.15, -0.1) is 6.58 Å². The highest BCUT2D eigenvalue weighted by molar-refractivity contribution is 5.83. The van der Waals surface area contributed by atoms with Crippen LogP contribution in [0.1, 0.15) is 25.3 Å². The molecule has 4 aliphatic rings. The van der Waals surface area contributed by atoms with Crippen LogP contribution in [0.15, 0.2) is 36.9 Å². The molecule has 1 aromatic carbocycles. The van der Waals surface area contributed by atoms with Crippen molar-refractivity contribution >= 4 is 17.2 Å². The Morgan fingerprint density at radius 1 is 1.46 bits per heavy atom. The van der Waals surface area contributed by atoms with Crippen molar-refractivity contribution in [3.05, 3.63) is 42.5 Å². The Morgan fingerprint density at radius 3 is 2.93 bits per heavy atom. The molecule has 0 spiro atoms. The lowest BCUT2D eigenvalue weighted by Crippen LogP contribution is -2.57. The number of nitrogens with zero attached hydrogens (tertiary/aromatic N) is 1. The summed E-state index contributed by atoms with van der Waals surface area (Å²) in [5.74, 6) is 1.43. The van der Waals surface area contributed by atoms with E-state index in [0.717, 1.165) is 48.5 Å². The van der Waals surface area contributed by atoms with Gasteiger partial charge in [-0.2, -0.15) is 0 Å². The summed E-state index contributed by atoms with van der Waals surface area (Å²) in [6, 6.07) is 5.72. The Morgan fingerprint density at radius 2 is 2.29 bits per heavy atom. The van der Waals surface area contributed by atoms with Crippen LogP contribution < -0.4 is 10.1 Å². The molecule has 3 fully saturated rings. The summed E-state index contributed by atoms with van der Waals surface area (Å²) in [5, 5.41) is 14.6. The summed E-state index contributed by atoms with van der Waals surface area (Å²) in [5.41, 5.74) is 2.49. The maximum absolute atomic E-state index is 11.5. The predicted octanol–water partition coefficient (Wildman–Crippen LogP) is 2.65. The number of hydrogen-bond acceptors (Lipinski definition) is 6. The molecule has 150 valence electrons. The number of aliphatic hydroxyl groups excluding tert-OH is 1. The average Bonchev–Trinajstić information content (AvgIpc) is 2.72. The third-order valence-corrected chi connectivity index (χ3v) is 6.30. The summed E-state index contributed by atoms with van der Waals surface area (Å²) in [7, 11) is 1.63. The maximum Gasteiger partial charge on any atom is 0.304 e. The van der Waals surface area contributed by atoms with E-state index >= 15 is 0 Å². The van der Waals surface area contributed by atoms with Gasteiger partial charge >= 0.3 is 5.97 Å². The number of carbonyl (C=O) groups is 1. The molecule has 5 rings (SSSR count). The minimum atomic E-state index is -0.667. The van der Waals surface area contributed by atoms with Crippen LogP contribution in [-0.4, -0.2) is 54.5 Å². The maximum atomic E-state index is 11.5. The second-order valence-corrected chi connectivity index (χ2v) is 7.90. The topological polar surface area (TPSA) is 71.0 Å². The van der Waals surface area contributed by atoms with Crippen molar-refractivity contribution in [3.8, 4) is 5.75 Å². The Bertz CT molecular complexity index is 806. The van der Waals surface area contributed by atoms with Crippen molar-refractivity contribution in [2.45, 2.75) is 38.1 Å². The molecule has 0 aliphatic carbocycles. The fourth-order valence-electron chi connectivity index (χ4n) is 4.88. The number of aliphatic hydroxyl groups is 1. The highest BCUT2D eigenvalue weighted by Crippen LogP contribution is 2.42. The minimum absolute atomic E-state index is 0.0522. The number of anilines is 1. The largest absolute Gasteiger partial charge is 0.497 e. The lowest BCUT2D eigenvalue weighted by atomic mass is 9.73. The Kier molecular flexibility index (Phi) is 5.17. The summed E-state index contributed by atoms with van der Waals surface area (Å²) in [4.78, 5) is 13.9. The minimum Gasteiger partial charge on any atom is -0.497 e. The molecule has 1 aromatic rings. The van der Waals surface area contributed by atoms with E-state index < -0.39 is 12.3 Å². The number of carbonyl (C=O) groups excluding carboxylic acids is 1. The average molecular weight is 384 g/mol. The van der Waals surface area contributed by atoms with Gasteiger partial charge in [0.1, 0.15) is 5.75 Å². The van der Waals surface area contributed by atoms with Crippen LogP contribution in [0, 0.1) is 11.8 Å². The molecule has 6 atom stereocenters. The first-order chi connectivity index (χ1) is 13.5. The van der Waals surface area contributed by atoms with Crippen molar-refractivity contribution in [1.82, 2.24) is 4.90 Å². The van der Waals surface area contributed by atoms with Crippen molar-refractivity contribution in [2.24, 2.45) is 11.8 Å². The van der Waals surface area contributed by atoms with Crippen LogP contribution >= 0.6 is 0 Å². The van der Waals surface area contributed by atoms with Crippen molar-refractivity contribution in [1.29, 1.82) is 0 Å². The van der Waals surface area contributed by atoms with E-state index in [1.807, 2.05) is 24.3 Å². The molecule has 0 amide bonds. The van der Waals surface area contributed by atoms with Crippen LogP contribution in [0.3, 0.4) is 0 Å². The van der Waals surface area contributed by atoms with Gasteiger partial charge in [-0.05, 0) is 61.1 Å². The van der Waals surface area contributed by atoms with E-state index in [2.05, 4.69) is 22.9 Å². The van der Waals surface area contributed by atoms with E-state index in [1.54, 1.807) is 7.11 Å². The summed E-state index contributed by atoms with van der Waals surface area (Å²) in [6.45, 7) is 7.31. The SMILES string of the molecule is C=C[C@H]1CN2CCC1C[C@H]2[C@H](O)C1=CC(OC(C)=O)Nc2ccc(OC)cc21. The van der Waals surface area contributed by atoms with Gasteiger partial charge in [-0.1, -0.05) is 6.08 Å². The molecule has 4 heterocycles. The van der Waals surface area contributed by atoms with Crippen LogP contribution in [0.25, 0.3) is 5.57 Å². The van der Waals surface area contributed by atoms with Gasteiger partial charge in [0.25, 0.3) is 0 Å². The van der Waals surface area contributed by atoms with Crippen molar-refractivity contribution in [3.63, 3.8) is 0 Å². The standard InChI is InChI=1S/C22H28N2O4/c1-4-14-12-24-8-7-15(14)9-20(24)22(26)18-11-21(28-13(2)25)23-19-6-5-16(27-3)10-17(18)19/h4-6,10-11,14-15,20-23,26H,1,7-9,12H2,2-3H3/t14-,15?,20-,21?,22+/m0/s1. The molecule has 6 heteroatoms. The quantitative estimate of drug-likeness (QED) is 0.601. The van der Waals surface area contributed by atoms with Gasteiger partial charge < -0.3 is 19.9 Å². The fraction of sp³-hybridized carbons (Fsp3) is 0.500. The fourth-order valence-corrected chi connectivity index (χ4v) is 4.88. The molecule has 0 saturated carbocycles. The van der Waals surface area contributed by atoms with Gasteiger partial charge in [0.05, 0.1) is 13.2 Å². The molecular weight excluding hydrogens is 356 g/mol. The first-order valence-electron chi connectivity index (χ1n) is 9.88. The number of benzene rings is 1. The molecule has 3 unspecified atom stereocenters. The molecule has 2 bridgehead atoms. The number of nitrogens with one attached hydrogen (secondary N) is 1. The first-order valence-corrected chi connectivity index (χ1v) is 9.88. The Balaban J connectivity index is 1.66. The monoisotopic (exact) mass is 384 g/mol. The molecule has 28 heavy (non-hydrogen) atoms. The molecule has 3 saturated heterocycles.